The Labute approximate surface area is 175 Å². The van der Waals surface area contributed by atoms with Crippen molar-refractivity contribution in [3.8, 4) is 5.75 Å². The van der Waals surface area contributed by atoms with Gasteiger partial charge in [0, 0.05) is 22.3 Å². The number of halogens is 4. The molecule has 0 N–H and O–H groups in total. The van der Waals surface area contributed by atoms with Gasteiger partial charge in [0.15, 0.2) is 0 Å². The molecule has 0 saturated heterocycles. The molecule has 0 radical (unpaired) electrons. The van der Waals surface area contributed by atoms with Gasteiger partial charge in [0.2, 0.25) is 0 Å². The number of alkyl halides is 3. The molecule has 160 valence electrons. The minimum absolute atomic E-state index is 0.158. The monoisotopic (exact) mass is 450 g/mol. The minimum Gasteiger partial charge on any atom is -0.496 e. The number of carbonyl (C=O) groups is 1. The van der Waals surface area contributed by atoms with Crippen LogP contribution in [0.5, 0.6) is 5.75 Å². The maximum Gasteiger partial charge on any atom is 0.411 e. The smallest absolute Gasteiger partial charge is 0.411 e. The van der Waals surface area contributed by atoms with Crippen molar-refractivity contribution in [3.05, 3.63) is 45.2 Å². The minimum atomic E-state index is -4.45. The van der Waals surface area contributed by atoms with Crippen molar-refractivity contribution < 1.29 is 27.4 Å². The number of benzene rings is 1. The van der Waals surface area contributed by atoms with Gasteiger partial charge in [-0.2, -0.15) is 18.2 Å². The van der Waals surface area contributed by atoms with Crippen molar-refractivity contribution in [2.75, 3.05) is 13.7 Å². The molecule has 0 aliphatic rings. The van der Waals surface area contributed by atoms with Gasteiger partial charge in [-0.15, -0.1) is 0 Å². The van der Waals surface area contributed by atoms with Crippen molar-refractivity contribution in [1.29, 1.82) is 0 Å². The van der Waals surface area contributed by atoms with E-state index in [0.717, 1.165) is 11.5 Å². The first kappa shape index (κ1) is 23.4. The van der Waals surface area contributed by atoms with Crippen LogP contribution in [-0.4, -0.2) is 29.8 Å². The quantitative estimate of drug-likeness (QED) is 0.617. The Balaban J connectivity index is 2.51. The van der Waals surface area contributed by atoms with Crippen LogP contribution in [0, 0.1) is 0 Å². The van der Waals surface area contributed by atoms with Crippen LogP contribution in [0.1, 0.15) is 49.7 Å². The molecule has 10 heteroatoms. The number of carbonyl (C=O) groups excluding carboxylic acids is 1. The summed E-state index contributed by atoms with van der Waals surface area (Å²) in [6, 6.07) is 4.56. The number of hydrogen-bond donors (Lipinski definition) is 0. The maximum absolute atomic E-state index is 12.8. The first-order valence-electron chi connectivity index (χ1n) is 8.66. The van der Waals surface area contributed by atoms with E-state index in [1.807, 2.05) is 24.7 Å². The summed E-state index contributed by atoms with van der Waals surface area (Å²) in [6.45, 7) is 5.89. The predicted molar refractivity (Wildman–Crippen MR) is 106 cm³/mol. The number of amides is 1. The number of methoxy groups -OCH3 is 1. The Morgan fingerprint density at radius 3 is 2.52 bits per heavy atom. The van der Waals surface area contributed by atoms with Crippen LogP contribution in [0.2, 0.25) is 5.02 Å². The fourth-order valence-corrected chi connectivity index (χ4v) is 3.60. The molecule has 1 atom stereocenters. The second-order valence-electron chi connectivity index (χ2n) is 7.31. The zero-order chi connectivity index (χ0) is 22.0. The summed E-state index contributed by atoms with van der Waals surface area (Å²) in [4.78, 5) is 16.9. The van der Waals surface area contributed by atoms with Crippen LogP contribution in [0.3, 0.4) is 0 Å². The summed E-state index contributed by atoms with van der Waals surface area (Å²) in [5.74, 6) is -0.317. The lowest BCUT2D eigenvalue weighted by Gasteiger charge is -2.19. The molecule has 0 fully saturated rings. The van der Waals surface area contributed by atoms with E-state index in [9.17, 15) is 18.0 Å². The molecular formula is C19H22ClF3N2O3S. The van der Waals surface area contributed by atoms with Gasteiger partial charge in [-0.05, 0) is 57.4 Å². The van der Waals surface area contributed by atoms with E-state index in [1.54, 1.807) is 18.3 Å². The van der Waals surface area contributed by atoms with Crippen molar-refractivity contribution in [3.63, 3.8) is 0 Å². The van der Waals surface area contributed by atoms with Gasteiger partial charge >= 0.3 is 6.18 Å². The molecule has 1 unspecified atom stereocenters. The number of aromatic nitrogens is 1. The Morgan fingerprint density at radius 1 is 1.31 bits per heavy atom. The van der Waals surface area contributed by atoms with E-state index in [-0.39, 0.29) is 15.8 Å². The molecule has 5 nitrogen and oxygen atoms in total. The molecule has 1 aromatic carbocycles. The van der Waals surface area contributed by atoms with Crippen LogP contribution in [0.15, 0.2) is 29.4 Å². The molecule has 0 aliphatic carbocycles. The van der Waals surface area contributed by atoms with E-state index in [4.69, 9.17) is 21.1 Å². The highest BCUT2D eigenvalue weighted by atomic mass is 35.5. The highest BCUT2D eigenvalue weighted by Gasteiger charge is 2.30. The largest absolute Gasteiger partial charge is 0.496 e. The van der Waals surface area contributed by atoms with Crippen LogP contribution in [0.25, 0.3) is 0 Å². The van der Waals surface area contributed by atoms with E-state index >= 15 is 0 Å². The van der Waals surface area contributed by atoms with Gasteiger partial charge < -0.3 is 9.47 Å². The molecule has 1 amide bonds. The SMILES string of the molecule is COc1ccc(Cl)cc1C(=O)/N=c1\sn(C(C)(C)C)cc1C(C)OCC(F)(F)F. The molecule has 0 bridgehead atoms. The molecule has 0 spiro atoms. The first-order valence-corrected chi connectivity index (χ1v) is 9.81. The standard InChI is InChI=1S/C19H22ClF3N2O3S/c1-11(28-10-19(21,22)23)14-9-25(18(2,3)4)29-17(14)24-16(26)13-8-12(20)6-7-15(13)27-5/h6-9,11H,10H2,1-5H3/b24-17-. The zero-order valence-corrected chi connectivity index (χ0v) is 18.2. The number of rotatable bonds is 5. The molecule has 2 aromatic rings. The third-order valence-electron chi connectivity index (χ3n) is 3.88. The Morgan fingerprint density at radius 2 is 1.97 bits per heavy atom. The van der Waals surface area contributed by atoms with Crippen LogP contribution >= 0.6 is 23.1 Å². The third kappa shape index (κ3) is 6.32. The van der Waals surface area contributed by atoms with E-state index < -0.39 is 24.8 Å². The summed E-state index contributed by atoms with van der Waals surface area (Å²) in [7, 11) is 1.41. The maximum atomic E-state index is 12.8. The van der Waals surface area contributed by atoms with Gasteiger partial charge in [-0.3, -0.25) is 8.75 Å². The summed E-state index contributed by atoms with van der Waals surface area (Å²) < 4.78 is 49.9. The number of ether oxygens (including phenoxy) is 2. The van der Waals surface area contributed by atoms with Crippen LogP contribution < -0.4 is 9.41 Å². The van der Waals surface area contributed by atoms with Gasteiger partial charge in [0.05, 0.1) is 18.8 Å². The molecule has 1 aromatic heterocycles. The topological polar surface area (TPSA) is 52.8 Å². The summed E-state index contributed by atoms with van der Waals surface area (Å²) in [5.41, 5.74) is 0.197. The fraction of sp³-hybridized carbons (Fsp3) is 0.474. The highest BCUT2D eigenvalue weighted by Crippen LogP contribution is 2.26. The average molecular weight is 451 g/mol. The molecular weight excluding hydrogens is 429 g/mol. The van der Waals surface area contributed by atoms with Crippen LogP contribution in [0.4, 0.5) is 13.2 Å². The Hall–Kier alpha value is -1.84. The summed E-state index contributed by atoms with van der Waals surface area (Å²) in [5, 5.41) is 0.336. The summed E-state index contributed by atoms with van der Waals surface area (Å²) in [6.07, 6.45) is -3.71. The number of hydrogen-bond acceptors (Lipinski definition) is 4. The second-order valence-corrected chi connectivity index (χ2v) is 8.71. The van der Waals surface area contributed by atoms with E-state index in [2.05, 4.69) is 4.99 Å². The molecule has 1 heterocycles. The zero-order valence-electron chi connectivity index (χ0n) is 16.6. The number of nitrogens with zero attached hydrogens (tertiary/aromatic N) is 2. The van der Waals surface area contributed by atoms with Crippen molar-refractivity contribution >= 4 is 29.0 Å². The van der Waals surface area contributed by atoms with Gasteiger partial charge in [0.25, 0.3) is 5.91 Å². The molecule has 0 aliphatic heterocycles. The molecule has 2 rings (SSSR count). The second kappa shape index (κ2) is 8.89. The fourth-order valence-electron chi connectivity index (χ4n) is 2.36. The van der Waals surface area contributed by atoms with Crippen LogP contribution in [-0.2, 0) is 10.3 Å². The van der Waals surface area contributed by atoms with Gasteiger partial charge in [-0.1, -0.05) is 11.6 Å². The lowest BCUT2D eigenvalue weighted by molar-refractivity contribution is -0.184. The lowest BCUT2D eigenvalue weighted by atomic mass is 10.1. The third-order valence-corrected chi connectivity index (χ3v) is 5.46. The predicted octanol–water partition coefficient (Wildman–Crippen LogP) is 5.35. The Kier molecular flexibility index (Phi) is 7.19. The average Bonchev–Trinajstić information content (AvgIpc) is 3.03. The highest BCUT2D eigenvalue weighted by molar-refractivity contribution is 7.04. The first-order chi connectivity index (χ1) is 13.3. The lowest BCUT2D eigenvalue weighted by Crippen LogP contribution is -2.20. The molecule has 29 heavy (non-hydrogen) atoms. The molecule has 0 saturated carbocycles. The Bertz CT molecular complexity index is 945. The van der Waals surface area contributed by atoms with Gasteiger partial charge in [-0.25, -0.2) is 0 Å². The van der Waals surface area contributed by atoms with E-state index in [0.29, 0.717) is 16.3 Å². The summed E-state index contributed by atoms with van der Waals surface area (Å²) >= 11 is 7.14. The van der Waals surface area contributed by atoms with E-state index in [1.165, 1.54) is 20.1 Å². The van der Waals surface area contributed by atoms with Crippen molar-refractivity contribution in [1.82, 2.24) is 3.96 Å². The van der Waals surface area contributed by atoms with Crippen molar-refractivity contribution in [2.24, 2.45) is 4.99 Å². The van der Waals surface area contributed by atoms with Crippen molar-refractivity contribution in [2.45, 2.75) is 45.5 Å². The van der Waals surface area contributed by atoms with Gasteiger partial charge in [0.1, 0.15) is 17.0 Å². The normalized spacial score (nSPS) is 14.2.